The standard InChI is InChI=1S/C22H24N2O7/c1-3-12-30-17-7-5-16(6-8-17)20(25)10-11-22(27)31-14-21(26)23-18-9-4-15(2)13-19(18)24(28)29/h4-9,13H,3,10-12,14H2,1-2H3,(H,23,26). The van der Waals surface area contributed by atoms with Crippen molar-refractivity contribution in [2.24, 2.45) is 0 Å². The summed E-state index contributed by atoms with van der Waals surface area (Å²) in [5.41, 5.74) is 0.875. The Morgan fingerprint density at radius 3 is 2.42 bits per heavy atom. The van der Waals surface area contributed by atoms with Gasteiger partial charge in [-0.2, -0.15) is 0 Å². The summed E-state index contributed by atoms with van der Waals surface area (Å²) < 4.78 is 10.3. The number of nitrogens with one attached hydrogen (secondary N) is 1. The lowest BCUT2D eigenvalue weighted by Crippen LogP contribution is -2.21. The number of esters is 1. The fourth-order valence-electron chi connectivity index (χ4n) is 2.62. The minimum Gasteiger partial charge on any atom is -0.494 e. The zero-order valence-electron chi connectivity index (χ0n) is 17.4. The van der Waals surface area contributed by atoms with Crippen molar-refractivity contribution in [1.29, 1.82) is 0 Å². The number of nitro benzene ring substituents is 1. The molecule has 0 saturated heterocycles. The highest BCUT2D eigenvalue weighted by Crippen LogP contribution is 2.25. The highest BCUT2D eigenvalue weighted by Gasteiger charge is 2.17. The van der Waals surface area contributed by atoms with Crippen LogP contribution in [-0.4, -0.2) is 35.8 Å². The lowest BCUT2D eigenvalue weighted by molar-refractivity contribution is -0.384. The van der Waals surface area contributed by atoms with Crippen LogP contribution in [0.2, 0.25) is 0 Å². The molecule has 0 saturated carbocycles. The van der Waals surface area contributed by atoms with E-state index in [0.29, 0.717) is 23.5 Å². The number of amides is 1. The van der Waals surface area contributed by atoms with E-state index in [9.17, 15) is 24.5 Å². The molecule has 0 bridgehead atoms. The van der Waals surface area contributed by atoms with E-state index in [4.69, 9.17) is 9.47 Å². The van der Waals surface area contributed by atoms with Crippen LogP contribution in [0.25, 0.3) is 0 Å². The van der Waals surface area contributed by atoms with Gasteiger partial charge in [-0.15, -0.1) is 0 Å². The molecule has 9 heteroatoms. The van der Waals surface area contributed by atoms with E-state index in [1.54, 1.807) is 37.3 Å². The van der Waals surface area contributed by atoms with E-state index in [2.05, 4.69) is 5.32 Å². The maximum atomic E-state index is 12.2. The van der Waals surface area contributed by atoms with Crippen molar-refractivity contribution in [3.8, 4) is 5.75 Å². The number of Topliss-reactive ketones (excluding diaryl/α,β-unsaturated/α-hetero) is 1. The second-order valence-electron chi connectivity index (χ2n) is 6.78. The summed E-state index contributed by atoms with van der Waals surface area (Å²) in [7, 11) is 0. The van der Waals surface area contributed by atoms with Crippen molar-refractivity contribution in [1.82, 2.24) is 0 Å². The number of rotatable bonds is 11. The minimum atomic E-state index is -0.718. The maximum Gasteiger partial charge on any atom is 0.306 e. The molecule has 1 N–H and O–H groups in total. The van der Waals surface area contributed by atoms with Gasteiger partial charge < -0.3 is 14.8 Å². The molecule has 31 heavy (non-hydrogen) atoms. The van der Waals surface area contributed by atoms with Crippen LogP contribution < -0.4 is 10.1 Å². The number of benzene rings is 2. The van der Waals surface area contributed by atoms with Crippen LogP contribution in [0.5, 0.6) is 5.75 Å². The van der Waals surface area contributed by atoms with E-state index in [-0.39, 0.29) is 30.0 Å². The molecule has 2 aromatic carbocycles. The van der Waals surface area contributed by atoms with E-state index >= 15 is 0 Å². The van der Waals surface area contributed by atoms with Gasteiger partial charge in [-0.25, -0.2) is 0 Å². The van der Waals surface area contributed by atoms with Crippen LogP contribution in [0.15, 0.2) is 42.5 Å². The number of ketones is 1. The number of hydrogen-bond donors (Lipinski definition) is 1. The Morgan fingerprint density at radius 1 is 1.06 bits per heavy atom. The molecule has 0 atom stereocenters. The van der Waals surface area contributed by atoms with Crippen LogP contribution in [0.3, 0.4) is 0 Å². The summed E-state index contributed by atoms with van der Waals surface area (Å²) in [5.74, 6) is -1.00. The van der Waals surface area contributed by atoms with E-state index < -0.39 is 23.4 Å². The number of aryl methyl sites for hydroxylation is 1. The Hall–Kier alpha value is -3.75. The molecule has 0 aromatic heterocycles. The Morgan fingerprint density at radius 2 is 1.77 bits per heavy atom. The second kappa shape index (κ2) is 11.4. The smallest absolute Gasteiger partial charge is 0.306 e. The fourth-order valence-corrected chi connectivity index (χ4v) is 2.62. The van der Waals surface area contributed by atoms with Crippen molar-refractivity contribution in [3.05, 3.63) is 63.7 Å². The molecule has 2 aromatic rings. The Kier molecular flexibility index (Phi) is 8.68. The van der Waals surface area contributed by atoms with Crippen molar-refractivity contribution < 1.29 is 28.8 Å². The van der Waals surface area contributed by atoms with Gasteiger partial charge in [0.2, 0.25) is 0 Å². The zero-order chi connectivity index (χ0) is 22.8. The first-order valence-corrected chi connectivity index (χ1v) is 9.76. The number of nitro groups is 1. The molecule has 1 amide bonds. The van der Waals surface area contributed by atoms with Gasteiger partial charge in [0.1, 0.15) is 11.4 Å². The lowest BCUT2D eigenvalue weighted by atomic mass is 10.1. The first-order valence-electron chi connectivity index (χ1n) is 9.76. The van der Waals surface area contributed by atoms with E-state index in [1.807, 2.05) is 6.92 Å². The molecular weight excluding hydrogens is 404 g/mol. The average Bonchev–Trinajstić information content (AvgIpc) is 2.76. The van der Waals surface area contributed by atoms with Crippen LogP contribution in [0.1, 0.15) is 42.1 Å². The molecule has 164 valence electrons. The summed E-state index contributed by atoms with van der Waals surface area (Å²) in [4.78, 5) is 46.5. The molecule has 9 nitrogen and oxygen atoms in total. The van der Waals surface area contributed by atoms with Crippen molar-refractivity contribution in [2.45, 2.75) is 33.1 Å². The number of hydrogen-bond acceptors (Lipinski definition) is 7. The molecule has 0 fully saturated rings. The predicted molar refractivity (Wildman–Crippen MR) is 113 cm³/mol. The molecule has 2 rings (SSSR count). The van der Waals surface area contributed by atoms with Crippen molar-refractivity contribution in [2.75, 3.05) is 18.5 Å². The molecule has 0 heterocycles. The van der Waals surface area contributed by atoms with Gasteiger partial charge in [0.05, 0.1) is 18.0 Å². The third-order valence-electron chi connectivity index (χ3n) is 4.19. The second-order valence-corrected chi connectivity index (χ2v) is 6.78. The third kappa shape index (κ3) is 7.54. The largest absolute Gasteiger partial charge is 0.494 e. The Labute approximate surface area is 179 Å². The summed E-state index contributed by atoms with van der Waals surface area (Å²) in [6.45, 7) is 3.66. The summed E-state index contributed by atoms with van der Waals surface area (Å²) in [6, 6.07) is 11.0. The first-order chi connectivity index (χ1) is 14.8. The topological polar surface area (TPSA) is 125 Å². The fraction of sp³-hybridized carbons (Fsp3) is 0.318. The summed E-state index contributed by atoms with van der Waals surface area (Å²) in [5, 5.41) is 13.4. The quantitative estimate of drug-likeness (QED) is 0.249. The molecule has 0 aliphatic carbocycles. The summed E-state index contributed by atoms with van der Waals surface area (Å²) >= 11 is 0. The first kappa shape index (κ1) is 23.5. The number of nitrogens with zero attached hydrogens (tertiary/aromatic N) is 1. The van der Waals surface area contributed by atoms with Crippen molar-refractivity contribution >= 4 is 29.0 Å². The monoisotopic (exact) mass is 428 g/mol. The van der Waals surface area contributed by atoms with Gasteiger partial charge in [0.25, 0.3) is 11.6 Å². The molecule has 0 aliphatic heterocycles. The van der Waals surface area contributed by atoms with Gasteiger partial charge >= 0.3 is 5.97 Å². The van der Waals surface area contributed by atoms with Crippen LogP contribution in [-0.2, 0) is 14.3 Å². The average molecular weight is 428 g/mol. The molecule has 0 spiro atoms. The predicted octanol–water partition coefficient (Wildman–Crippen LogP) is 3.84. The number of carbonyl (C=O) groups excluding carboxylic acids is 3. The van der Waals surface area contributed by atoms with Crippen LogP contribution in [0.4, 0.5) is 11.4 Å². The number of ether oxygens (including phenoxy) is 2. The highest BCUT2D eigenvalue weighted by atomic mass is 16.6. The molecular formula is C22H24N2O7. The summed E-state index contributed by atoms with van der Waals surface area (Å²) in [6.07, 6.45) is 0.618. The van der Waals surface area contributed by atoms with Gasteiger partial charge in [-0.3, -0.25) is 24.5 Å². The number of anilines is 1. The Bertz CT molecular complexity index is 955. The molecule has 0 aliphatic rings. The lowest BCUT2D eigenvalue weighted by Gasteiger charge is -2.08. The van der Waals surface area contributed by atoms with Gasteiger partial charge in [-0.05, 0) is 49.2 Å². The highest BCUT2D eigenvalue weighted by molar-refractivity contribution is 5.98. The molecule has 0 unspecified atom stereocenters. The number of carbonyl (C=O) groups is 3. The van der Waals surface area contributed by atoms with Crippen LogP contribution >= 0.6 is 0 Å². The third-order valence-corrected chi connectivity index (χ3v) is 4.19. The zero-order valence-corrected chi connectivity index (χ0v) is 17.4. The normalized spacial score (nSPS) is 10.3. The van der Waals surface area contributed by atoms with E-state index in [1.165, 1.54) is 12.1 Å². The molecule has 0 radical (unpaired) electrons. The van der Waals surface area contributed by atoms with Gasteiger partial charge in [-0.1, -0.05) is 13.0 Å². The Balaban J connectivity index is 1.78. The maximum absolute atomic E-state index is 12.2. The SMILES string of the molecule is CCCOc1ccc(C(=O)CCC(=O)OCC(=O)Nc2ccc(C)cc2[N+](=O)[O-])cc1. The van der Waals surface area contributed by atoms with E-state index in [0.717, 1.165) is 6.42 Å². The van der Waals surface area contributed by atoms with Gasteiger partial charge in [0.15, 0.2) is 12.4 Å². The van der Waals surface area contributed by atoms with Gasteiger partial charge in [0, 0.05) is 18.1 Å². The minimum absolute atomic E-state index is 0.0122. The van der Waals surface area contributed by atoms with Crippen LogP contribution in [0, 0.1) is 17.0 Å². The van der Waals surface area contributed by atoms with Crippen molar-refractivity contribution in [3.63, 3.8) is 0 Å².